The molecule has 0 bridgehead atoms. The first-order valence-corrected chi connectivity index (χ1v) is 10.8. The highest BCUT2D eigenvalue weighted by molar-refractivity contribution is 5.93. The minimum Gasteiger partial charge on any atom is -0.468 e. The van der Waals surface area contributed by atoms with Crippen molar-refractivity contribution in [2.24, 2.45) is 0 Å². The Balaban J connectivity index is 3.36. The molecule has 1 rings (SSSR count). The fourth-order valence-corrected chi connectivity index (χ4v) is 3.05. The van der Waals surface area contributed by atoms with E-state index in [4.69, 9.17) is 4.74 Å². The summed E-state index contributed by atoms with van der Waals surface area (Å²) in [7, 11) is 1.17. The molecule has 0 saturated carbocycles. The number of carbonyl (C=O) groups excluding carboxylic acids is 4. The molecular weight excluding hydrogens is 446 g/mol. The van der Waals surface area contributed by atoms with Crippen LogP contribution in [0.1, 0.15) is 43.5 Å². The number of benzene rings is 1. The first kappa shape index (κ1) is 28.9. The summed E-state index contributed by atoms with van der Waals surface area (Å²) >= 11 is 0. The normalized spacial score (nSPS) is 12.8. The molecule has 34 heavy (non-hydrogen) atoms. The number of aliphatic hydroxyl groups is 2. The van der Waals surface area contributed by atoms with Gasteiger partial charge in [-0.3, -0.25) is 14.4 Å². The molecule has 0 aliphatic carbocycles. The molecule has 0 saturated heterocycles. The average molecular weight is 482 g/mol. The van der Waals surface area contributed by atoms with Crippen LogP contribution in [0.25, 0.3) is 0 Å². The SMILES string of the molecule is COC(=O)CNC(=O)C(c1ccc(C)c(C)c1)N(CCO)C(=O)C(CO)NC(=O)OC(C)(C)C. The van der Waals surface area contributed by atoms with E-state index in [9.17, 15) is 29.4 Å². The number of aryl methyl sites for hydroxylation is 2. The molecule has 0 fully saturated rings. The molecular formula is C23H35N3O8. The molecule has 0 radical (unpaired) electrons. The lowest BCUT2D eigenvalue weighted by atomic mass is 9.98. The van der Waals surface area contributed by atoms with E-state index in [0.717, 1.165) is 16.0 Å². The minimum absolute atomic E-state index is 0.283. The van der Waals surface area contributed by atoms with E-state index < -0.39 is 61.3 Å². The van der Waals surface area contributed by atoms with E-state index >= 15 is 0 Å². The number of nitrogens with one attached hydrogen (secondary N) is 2. The molecule has 0 aliphatic heterocycles. The van der Waals surface area contributed by atoms with Gasteiger partial charge in [-0.15, -0.1) is 0 Å². The summed E-state index contributed by atoms with van der Waals surface area (Å²) in [6.07, 6.45) is -0.929. The number of nitrogens with zero attached hydrogens (tertiary/aromatic N) is 1. The Morgan fingerprint density at radius 1 is 1.09 bits per heavy atom. The summed E-state index contributed by atoms with van der Waals surface area (Å²) in [5.74, 6) is -2.21. The first-order valence-electron chi connectivity index (χ1n) is 10.8. The number of methoxy groups -OCH3 is 1. The van der Waals surface area contributed by atoms with E-state index in [1.807, 2.05) is 13.8 Å². The van der Waals surface area contributed by atoms with Gasteiger partial charge in [0.15, 0.2) is 0 Å². The third-order valence-corrected chi connectivity index (χ3v) is 4.84. The molecule has 190 valence electrons. The number of carbonyl (C=O) groups is 4. The molecule has 2 atom stereocenters. The zero-order chi connectivity index (χ0) is 26.1. The van der Waals surface area contributed by atoms with Crippen molar-refractivity contribution in [1.82, 2.24) is 15.5 Å². The van der Waals surface area contributed by atoms with Gasteiger partial charge in [0, 0.05) is 6.54 Å². The number of ether oxygens (including phenoxy) is 2. The molecule has 0 spiro atoms. The van der Waals surface area contributed by atoms with Crippen LogP contribution in [-0.2, 0) is 23.9 Å². The van der Waals surface area contributed by atoms with E-state index in [1.165, 1.54) is 7.11 Å². The van der Waals surface area contributed by atoms with Gasteiger partial charge in [0.2, 0.25) is 11.8 Å². The van der Waals surface area contributed by atoms with Gasteiger partial charge in [-0.1, -0.05) is 18.2 Å². The Labute approximate surface area is 199 Å². The van der Waals surface area contributed by atoms with Crippen LogP contribution in [0, 0.1) is 13.8 Å². The maximum Gasteiger partial charge on any atom is 0.408 e. The number of rotatable bonds is 10. The van der Waals surface area contributed by atoms with Crippen LogP contribution in [0.15, 0.2) is 18.2 Å². The molecule has 11 heteroatoms. The molecule has 0 aromatic heterocycles. The monoisotopic (exact) mass is 481 g/mol. The smallest absolute Gasteiger partial charge is 0.408 e. The van der Waals surface area contributed by atoms with Crippen LogP contribution >= 0.6 is 0 Å². The molecule has 11 nitrogen and oxygen atoms in total. The van der Waals surface area contributed by atoms with Gasteiger partial charge in [0.25, 0.3) is 0 Å². The van der Waals surface area contributed by atoms with E-state index in [2.05, 4.69) is 15.4 Å². The Bertz CT molecular complexity index is 881. The minimum atomic E-state index is -1.44. The summed E-state index contributed by atoms with van der Waals surface area (Å²) in [6.45, 7) is 6.65. The van der Waals surface area contributed by atoms with Crippen LogP contribution in [0.4, 0.5) is 4.79 Å². The van der Waals surface area contributed by atoms with E-state index in [-0.39, 0.29) is 6.54 Å². The van der Waals surface area contributed by atoms with Gasteiger partial charge in [-0.05, 0) is 51.3 Å². The summed E-state index contributed by atoms with van der Waals surface area (Å²) < 4.78 is 9.69. The van der Waals surface area contributed by atoms with Gasteiger partial charge < -0.3 is 35.2 Å². The van der Waals surface area contributed by atoms with Crippen LogP contribution in [0.3, 0.4) is 0 Å². The number of hydrogen-bond acceptors (Lipinski definition) is 8. The lowest BCUT2D eigenvalue weighted by Gasteiger charge is -2.33. The molecule has 3 amide bonds. The number of amides is 3. The molecule has 1 aromatic carbocycles. The van der Waals surface area contributed by atoms with Crippen molar-refractivity contribution >= 4 is 23.9 Å². The molecule has 0 aliphatic rings. The number of aliphatic hydroxyl groups excluding tert-OH is 2. The van der Waals surface area contributed by atoms with Gasteiger partial charge in [0.1, 0.15) is 24.2 Å². The van der Waals surface area contributed by atoms with Gasteiger partial charge >= 0.3 is 12.1 Å². The highest BCUT2D eigenvalue weighted by Gasteiger charge is 2.36. The molecule has 4 N–H and O–H groups in total. The largest absolute Gasteiger partial charge is 0.468 e. The maximum absolute atomic E-state index is 13.3. The summed E-state index contributed by atoms with van der Waals surface area (Å²) in [6, 6.07) is 2.43. The highest BCUT2D eigenvalue weighted by atomic mass is 16.6. The van der Waals surface area contributed by atoms with E-state index in [1.54, 1.807) is 39.0 Å². The van der Waals surface area contributed by atoms with Crippen molar-refractivity contribution in [3.63, 3.8) is 0 Å². The van der Waals surface area contributed by atoms with E-state index in [0.29, 0.717) is 5.56 Å². The molecule has 2 unspecified atom stereocenters. The van der Waals surface area contributed by atoms with Crippen molar-refractivity contribution in [3.8, 4) is 0 Å². The second-order valence-corrected chi connectivity index (χ2v) is 8.68. The fourth-order valence-electron chi connectivity index (χ4n) is 3.05. The number of esters is 1. The highest BCUT2D eigenvalue weighted by Crippen LogP contribution is 2.24. The Morgan fingerprint density at radius 2 is 1.74 bits per heavy atom. The average Bonchev–Trinajstić information content (AvgIpc) is 2.76. The third-order valence-electron chi connectivity index (χ3n) is 4.84. The third kappa shape index (κ3) is 8.64. The summed E-state index contributed by atoms with van der Waals surface area (Å²) in [5, 5.41) is 24.2. The second kappa shape index (κ2) is 12.9. The van der Waals surface area contributed by atoms with Crippen LogP contribution < -0.4 is 10.6 Å². The van der Waals surface area contributed by atoms with Crippen molar-refractivity contribution in [2.75, 3.05) is 33.4 Å². The van der Waals surface area contributed by atoms with Gasteiger partial charge in [0.05, 0.1) is 20.3 Å². The quantitative estimate of drug-likeness (QED) is 0.349. The fraction of sp³-hybridized carbons (Fsp3) is 0.565. The Kier molecular flexibility index (Phi) is 10.9. The topological polar surface area (TPSA) is 154 Å². The number of alkyl carbamates (subject to hydrolysis) is 1. The van der Waals surface area contributed by atoms with Crippen molar-refractivity contribution < 1.29 is 38.9 Å². The zero-order valence-corrected chi connectivity index (χ0v) is 20.5. The van der Waals surface area contributed by atoms with Gasteiger partial charge in [-0.25, -0.2) is 4.79 Å². The standard InChI is InChI=1S/C23H35N3O8/c1-14-7-8-16(11-15(14)2)19(20(30)24-12-18(29)33-6)26(9-10-27)21(31)17(13-28)25-22(32)34-23(3,4)5/h7-8,11,17,19,27-28H,9-10,12-13H2,1-6H3,(H,24,30)(H,25,32). The van der Waals surface area contributed by atoms with Crippen molar-refractivity contribution in [3.05, 3.63) is 34.9 Å². The van der Waals surface area contributed by atoms with Crippen molar-refractivity contribution in [2.45, 2.75) is 52.3 Å². The lowest BCUT2D eigenvalue weighted by Crippen LogP contribution is -2.55. The predicted molar refractivity (Wildman–Crippen MR) is 123 cm³/mol. The molecule has 0 heterocycles. The number of hydrogen-bond donors (Lipinski definition) is 4. The van der Waals surface area contributed by atoms with Crippen LogP contribution in [0.5, 0.6) is 0 Å². The second-order valence-electron chi connectivity index (χ2n) is 8.68. The zero-order valence-electron chi connectivity index (χ0n) is 20.5. The molecule has 1 aromatic rings. The van der Waals surface area contributed by atoms with Gasteiger partial charge in [-0.2, -0.15) is 0 Å². The Hall–Kier alpha value is -3.18. The Morgan fingerprint density at radius 3 is 2.24 bits per heavy atom. The van der Waals surface area contributed by atoms with Crippen LogP contribution in [-0.4, -0.2) is 84.0 Å². The first-order chi connectivity index (χ1) is 15.8. The predicted octanol–water partition coefficient (Wildman–Crippen LogP) is 0.340. The van der Waals surface area contributed by atoms with Crippen molar-refractivity contribution in [1.29, 1.82) is 0 Å². The summed E-state index contributed by atoms with van der Waals surface area (Å²) in [4.78, 5) is 51.2. The maximum atomic E-state index is 13.3. The lowest BCUT2D eigenvalue weighted by molar-refractivity contribution is -0.145. The summed E-state index contributed by atoms with van der Waals surface area (Å²) in [5.41, 5.74) is 1.39. The van der Waals surface area contributed by atoms with Crippen LogP contribution in [0.2, 0.25) is 0 Å².